The summed E-state index contributed by atoms with van der Waals surface area (Å²) >= 11 is 0. The van der Waals surface area contributed by atoms with E-state index in [1.165, 1.54) is 0 Å². The highest BCUT2D eigenvalue weighted by molar-refractivity contribution is 5.80. The predicted octanol–water partition coefficient (Wildman–Crippen LogP) is 2.73. The molecule has 0 aliphatic carbocycles. The van der Waals surface area contributed by atoms with E-state index < -0.39 is 0 Å². The summed E-state index contributed by atoms with van der Waals surface area (Å²) in [5.74, 6) is 0.924. The van der Waals surface area contributed by atoms with E-state index in [-0.39, 0.29) is 0 Å². The summed E-state index contributed by atoms with van der Waals surface area (Å²) in [6, 6.07) is 7.94. The van der Waals surface area contributed by atoms with Gasteiger partial charge >= 0.3 is 0 Å². The van der Waals surface area contributed by atoms with Crippen molar-refractivity contribution in [2.45, 2.75) is 19.9 Å². The first-order chi connectivity index (χ1) is 9.63. The number of benzene rings is 1. The van der Waals surface area contributed by atoms with E-state index in [1.54, 1.807) is 6.20 Å². The normalized spacial score (nSPS) is 11.2. The van der Waals surface area contributed by atoms with Crippen molar-refractivity contribution >= 4 is 28.4 Å². The maximum Gasteiger partial charge on any atom is 0.174 e. The molecule has 0 amide bonds. The van der Waals surface area contributed by atoms with E-state index in [4.69, 9.17) is 5.73 Å². The number of hydrogen-bond acceptors (Lipinski definition) is 5. The van der Waals surface area contributed by atoms with Gasteiger partial charge in [0.15, 0.2) is 11.6 Å². The van der Waals surface area contributed by atoms with Gasteiger partial charge in [0.1, 0.15) is 0 Å². The third-order valence-corrected chi connectivity index (χ3v) is 2.99. The Kier molecular flexibility index (Phi) is 2.98. The van der Waals surface area contributed by atoms with E-state index in [9.17, 15) is 0 Å². The Bertz CT molecular complexity index is 746. The van der Waals surface area contributed by atoms with Crippen LogP contribution in [0.2, 0.25) is 0 Å². The molecular weight excluding hydrogens is 252 g/mol. The van der Waals surface area contributed by atoms with Crippen LogP contribution >= 0.6 is 0 Å². The molecule has 2 aromatic heterocycles. The van der Waals surface area contributed by atoms with Crippen LogP contribution in [0.5, 0.6) is 0 Å². The summed E-state index contributed by atoms with van der Waals surface area (Å²) in [5, 5.41) is 7.43. The molecule has 3 aromatic rings. The first kappa shape index (κ1) is 12.4. The Labute approximate surface area is 116 Å². The van der Waals surface area contributed by atoms with Gasteiger partial charge in [0.05, 0.1) is 22.9 Å². The summed E-state index contributed by atoms with van der Waals surface area (Å²) in [6.07, 6.45) is 3.66. The number of nitrogens with two attached hydrogens (primary N) is 1. The van der Waals surface area contributed by atoms with Crippen LogP contribution in [0.4, 0.5) is 17.3 Å². The monoisotopic (exact) mass is 268 g/mol. The third-order valence-electron chi connectivity index (χ3n) is 2.99. The van der Waals surface area contributed by atoms with Crippen LogP contribution in [-0.4, -0.2) is 19.7 Å². The lowest BCUT2D eigenvalue weighted by atomic mass is 10.3. The second-order valence-corrected chi connectivity index (χ2v) is 4.87. The van der Waals surface area contributed by atoms with Gasteiger partial charge in [-0.3, -0.25) is 4.68 Å². The van der Waals surface area contributed by atoms with E-state index in [2.05, 4.69) is 34.2 Å². The minimum Gasteiger partial charge on any atom is -0.381 e. The molecule has 0 saturated heterocycles. The van der Waals surface area contributed by atoms with E-state index in [0.29, 0.717) is 17.7 Å². The SMILES string of the molecule is CC(C)n1cc(Nc2nc3ccccc3nc2N)cn1. The lowest BCUT2D eigenvalue weighted by Crippen LogP contribution is -2.02. The van der Waals surface area contributed by atoms with Crippen LogP contribution in [0, 0.1) is 0 Å². The van der Waals surface area contributed by atoms with Gasteiger partial charge in [0.25, 0.3) is 0 Å². The van der Waals surface area contributed by atoms with Crippen LogP contribution in [0.3, 0.4) is 0 Å². The first-order valence-corrected chi connectivity index (χ1v) is 6.47. The summed E-state index contributed by atoms with van der Waals surface area (Å²) in [7, 11) is 0. The maximum absolute atomic E-state index is 5.94. The molecule has 20 heavy (non-hydrogen) atoms. The van der Waals surface area contributed by atoms with Gasteiger partial charge < -0.3 is 11.1 Å². The van der Waals surface area contributed by atoms with Crippen LogP contribution in [0.15, 0.2) is 36.7 Å². The average Bonchev–Trinajstić information content (AvgIpc) is 2.88. The highest BCUT2D eigenvalue weighted by atomic mass is 15.3. The molecule has 0 aliphatic rings. The van der Waals surface area contributed by atoms with Crippen molar-refractivity contribution < 1.29 is 0 Å². The van der Waals surface area contributed by atoms with Crippen molar-refractivity contribution in [1.29, 1.82) is 0 Å². The molecule has 102 valence electrons. The fourth-order valence-corrected chi connectivity index (χ4v) is 1.93. The minimum absolute atomic E-state index is 0.311. The number of anilines is 3. The molecule has 0 spiro atoms. The summed E-state index contributed by atoms with van der Waals surface area (Å²) in [5.41, 5.74) is 8.37. The number of para-hydroxylation sites is 2. The van der Waals surface area contributed by atoms with E-state index in [0.717, 1.165) is 16.7 Å². The Balaban J connectivity index is 1.95. The Morgan fingerprint density at radius 1 is 1.15 bits per heavy atom. The van der Waals surface area contributed by atoms with Crippen LogP contribution < -0.4 is 11.1 Å². The molecule has 0 atom stereocenters. The molecule has 0 unspecified atom stereocenters. The van der Waals surface area contributed by atoms with Gasteiger partial charge in [-0.15, -0.1) is 0 Å². The lowest BCUT2D eigenvalue weighted by Gasteiger charge is -2.07. The van der Waals surface area contributed by atoms with Gasteiger partial charge in [0.2, 0.25) is 0 Å². The van der Waals surface area contributed by atoms with Crippen molar-refractivity contribution in [2.24, 2.45) is 0 Å². The second kappa shape index (κ2) is 4.80. The highest BCUT2D eigenvalue weighted by Gasteiger charge is 2.08. The average molecular weight is 268 g/mol. The summed E-state index contributed by atoms with van der Waals surface area (Å²) in [6.45, 7) is 4.14. The molecule has 0 bridgehead atoms. The fraction of sp³-hybridized carbons (Fsp3) is 0.214. The minimum atomic E-state index is 0.311. The van der Waals surface area contributed by atoms with Gasteiger partial charge in [-0.1, -0.05) is 12.1 Å². The van der Waals surface area contributed by atoms with Crippen LogP contribution in [0.25, 0.3) is 11.0 Å². The second-order valence-electron chi connectivity index (χ2n) is 4.87. The zero-order valence-corrected chi connectivity index (χ0v) is 11.4. The van der Waals surface area contributed by atoms with E-state index in [1.807, 2.05) is 35.1 Å². The van der Waals surface area contributed by atoms with Crippen molar-refractivity contribution in [3.8, 4) is 0 Å². The number of rotatable bonds is 3. The van der Waals surface area contributed by atoms with Gasteiger partial charge in [-0.05, 0) is 26.0 Å². The lowest BCUT2D eigenvalue weighted by molar-refractivity contribution is 0.532. The smallest absolute Gasteiger partial charge is 0.174 e. The quantitative estimate of drug-likeness (QED) is 0.763. The third kappa shape index (κ3) is 2.27. The van der Waals surface area contributed by atoms with Crippen molar-refractivity contribution in [3.63, 3.8) is 0 Å². The van der Waals surface area contributed by atoms with Gasteiger partial charge in [-0.25, -0.2) is 9.97 Å². The molecule has 0 saturated carbocycles. The van der Waals surface area contributed by atoms with Crippen molar-refractivity contribution in [2.75, 3.05) is 11.1 Å². The molecule has 0 radical (unpaired) electrons. The Morgan fingerprint density at radius 3 is 2.50 bits per heavy atom. The number of nitrogen functional groups attached to an aromatic ring is 1. The van der Waals surface area contributed by atoms with Crippen LogP contribution in [-0.2, 0) is 0 Å². The molecule has 6 nitrogen and oxygen atoms in total. The van der Waals surface area contributed by atoms with Gasteiger partial charge in [-0.2, -0.15) is 5.10 Å². The Hall–Kier alpha value is -2.63. The predicted molar refractivity (Wildman–Crippen MR) is 79.8 cm³/mol. The highest BCUT2D eigenvalue weighted by Crippen LogP contribution is 2.22. The molecule has 3 N–H and O–H groups in total. The topological polar surface area (TPSA) is 81.7 Å². The summed E-state index contributed by atoms with van der Waals surface area (Å²) < 4.78 is 1.87. The molecular formula is C14H16N6. The number of nitrogens with one attached hydrogen (secondary N) is 1. The fourth-order valence-electron chi connectivity index (χ4n) is 1.93. The largest absolute Gasteiger partial charge is 0.381 e. The number of hydrogen-bond donors (Lipinski definition) is 2. The Morgan fingerprint density at radius 2 is 1.85 bits per heavy atom. The van der Waals surface area contributed by atoms with Crippen molar-refractivity contribution in [3.05, 3.63) is 36.7 Å². The molecule has 0 aliphatic heterocycles. The van der Waals surface area contributed by atoms with Gasteiger partial charge in [0, 0.05) is 12.2 Å². The zero-order valence-electron chi connectivity index (χ0n) is 11.4. The molecule has 3 rings (SSSR count). The zero-order chi connectivity index (χ0) is 14.1. The molecule has 1 aromatic carbocycles. The molecule has 6 heteroatoms. The number of nitrogens with zero attached hydrogens (tertiary/aromatic N) is 4. The standard InChI is InChI=1S/C14H16N6/c1-9(2)20-8-10(7-16-20)17-14-13(15)18-11-5-3-4-6-12(11)19-14/h3-9H,1-2H3,(H2,15,18)(H,17,19). The van der Waals surface area contributed by atoms with Crippen LogP contribution in [0.1, 0.15) is 19.9 Å². The molecule has 2 heterocycles. The summed E-state index contributed by atoms with van der Waals surface area (Å²) in [4.78, 5) is 8.83. The molecule has 0 fully saturated rings. The maximum atomic E-state index is 5.94. The number of aromatic nitrogens is 4. The van der Waals surface area contributed by atoms with E-state index >= 15 is 0 Å². The van der Waals surface area contributed by atoms with Crippen molar-refractivity contribution in [1.82, 2.24) is 19.7 Å². The first-order valence-electron chi connectivity index (χ1n) is 6.47. The number of fused-ring (bicyclic) bond motifs is 1.